The topological polar surface area (TPSA) is 69.0 Å². The van der Waals surface area contributed by atoms with E-state index in [0.717, 1.165) is 31.2 Å². The van der Waals surface area contributed by atoms with Gasteiger partial charge >= 0.3 is 0 Å². The molecule has 0 aliphatic heterocycles. The molecule has 2 aromatic carbocycles. The molecule has 4 fully saturated rings. The molecule has 0 radical (unpaired) electrons. The van der Waals surface area contributed by atoms with E-state index >= 15 is 0 Å². The largest absolute Gasteiger partial charge is 0.390 e. The third-order valence-corrected chi connectivity index (χ3v) is 8.48. The van der Waals surface area contributed by atoms with Crippen molar-refractivity contribution in [3.63, 3.8) is 0 Å². The monoisotopic (exact) mass is 391 g/mol. The molecule has 0 spiro atoms. The van der Waals surface area contributed by atoms with Crippen LogP contribution in [0.1, 0.15) is 43.7 Å². The van der Waals surface area contributed by atoms with Crippen LogP contribution in [-0.4, -0.2) is 15.5 Å². The summed E-state index contributed by atoms with van der Waals surface area (Å²) in [5.41, 5.74) is 9.53. The van der Waals surface area contributed by atoms with Crippen molar-refractivity contribution in [2.75, 3.05) is 0 Å². The number of hydrogen-bond donors (Lipinski definition) is 1. The van der Waals surface area contributed by atoms with Gasteiger partial charge in [0, 0.05) is 20.5 Å². The first-order valence-corrected chi connectivity index (χ1v) is 11.0. The van der Waals surface area contributed by atoms with Gasteiger partial charge in [0.05, 0.1) is 11.6 Å². The van der Waals surface area contributed by atoms with Crippen LogP contribution in [0.5, 0.6) is 0 Å². The number of thioether (sulfide) groups is 1. The molecule has 6 atom stereocenters. The summed E-state index contributed by atoms with van der Waals surface area (Å²) in [6.07, 6.45) is 5.07. The maximum Gasteiger partial charge on any atom is 0.0701 e. The second kappa shape index (κ2) is 6.84. The van der Waals surface area contributed by atoms with Crippen LogP contribution < -0.4 is 0 Å². The summed E-state index contributed by atoms with van der Waals surface area (Å²) in [5, 5.41) is 16.1. The van der Waals surface area contributed by atoms with E-state index in [1.807, 2.05) is 42.1 Å². The minimum absolute atomic E-state index is 0.00634. The molecule has 2 aromatic rings. The van der Waals surface area contributed by atoms with Crippen LogP contribution in [0.15, 0.2) is 70.7 Å². The molecule has 0 saturated heterocycles. The van der Waals surface area contributed by atoms with Gasteiger partial charge in [0.1, 0.15) is 0 Å². The zero-order chi connectivity index (χ0) is 19.2. The lowest BCUT2D eigenvalue weighted by molar-refractivity contribution is -0.169. The minimum atomic E-state index is -0.749. The van der Waals surface area contributed by atoms with Crippen LogP contribution in [-0.2, 0) is 0 Å². The van der Waals surface area contributed by atoms with Crippen LogP contribution in [0, 0.1) is 17.8 Å². The Morgan fingerprint density at radius 2 is 1.75 bits per heavy atom. The first kappa shape index (κ1) is 18.1. The smallest absolute Gasteiger partial charge is 0.0701 e. The molecule has 1 N–H and O–H groups in total. The standard InChI is InChI=1S/C23H25N3OS/c24-26-25-21(17-7-3-1-4-8-17)20-18-11-16-12-22(14-18,15-23(20,27)13-16)28-19-9-5-2-6-10-19/h1-10,16,18,20-21,27H,11-15H2/t16-,18+,20-,21+,22+,23+/m1/s1. The number of nitrogens with zero attached hydrogens (tertiary/aromatic N) is 3. The van der Waals surface area contributed by atoms with Gasteiger partial charge in [-0.15, -0.1) is 11.8 Å². The summed E-state index contributed by atoms with van der Waals surface area (Å²) in [6, 6.07) is 20.3. The average Bonchev–Trinajstić information content (AvgIpc) is 2.67. The molecule has 4 nitrogen and oxygen atoms in total. The Morgan fingerprint density at radius 3 is 2.43 bits per heavy atom. The van der Waals surface area contributed by atoms with Crippen LogP contribution >= 0.6 is 11.8 Å². The Kier molecular flexibility index (Phi) is 4.42. The minimum Gasteiger partial charge on any atom is -0.390 e. The Hall–Kier alpha value is -1.94. The van der Waals surface area contributed by atoms with Crippen LogP contribution in [0.3, 0.4) is 0 Å². The summed E-state index contributed by atoms with van der Waals surface area (Å²) in [5.74, 6) is 0.984. The van der Waals surface area contributed by atoms with Crippen LogP contribution in [0.2, 0.25) is 0 Å². The molecule has 144 valence electrons. The number of hydrogen-bond acceptors (Lipinski definition) is 3. The molecule has 6 rings (SSSR count). The van der Waals surface area contributed by atoms with E-state index in [1.54, 1.807) is 0 Å². The fraction of sp³-hybridized carbons (Fsp3) is 0.478. The Labute approximate surface area is 170 Å². The summed E-state index contributed by atoms with van der Waals surface area (Å²) < 4.78 is 0.107. The van der Waals surface area contributed by atoms with Crippen molar-refractivity contribution in [1.82, 2.24) is 0 Å². The van der Waals surface area contributed by atoms with Crippen molar-refractivity contribution in [3.8, 4) is 0 Å². The highest BCUT2D eigenvalue weighted by molar-refractivity contribution is 8.00. The van der Waals surface area contributed by atoms with Gasteiger partial charge in [-0.2, -0.15) is 0 Å². The Bertz CT molecular complexity index is 901. The summed E-state index contributed by atoms with van der Waals surface area (Å²) in [7, 11) is 0. The molecule has 4 aliphatic rings. The van der Waals surface area contributed by atoms with Gasteiger partial charge in [-0.1, -0.05) is 53.6 Å². The quantitative estimate of drug-likeness (QED) is 0.378. The van der Waals surface area contributed by atoms with Gasteiger partial charge < -0.3 is 5.11 Å². The fourth-order valence-electron chi connectivity index (χ4n) is 6.54. The normalized spacial score (nSPS) is 36.7. The second-order valence-corrected chi connectivity index (χ2v) is 10.5. The van der Waals surface area contributed by atoms with Gasteiger partial charge in [-0.25, -0.2) is 0 Å². The molecule has 0 unspecified atom stereocenters. The van der Waals surface area contributed by atoms with E-state index in [9.17, 15) is 10.6 Å². The van der Waals surface area contributed by atoms with E-state index in [2.05, 4.69) is 40.4 Å². The zero-order valence-electron chi connectivity index (χ0n) is 15.8. The first-order chi connectivity index (χ1) is 13.6. The fourth-order valence-corrected chi connectivity index (χ4v) is 8.27. The Morgan fingerprint density at radius 1 is 1.04 bits per heavy atom. The van der Waals surface area contributed by atoms with Gasteiger partial charge in [0.15, 0.2) is 0 Å². The molecule has 0 aromatic heterocycles. The summed E-state index contributed by atoms with van der Waals surface area (Å²) in [6.45, 7) is 0. The number of benzene rings is 2. The van der Waals surface area contributed by atoms with Crippen molar-refractivity contribution >= 4 is 11.8 Å². The highest BCUT2D eigenvalue weighted by Gasteiger charge is 2.63. The van der Waals surface area contributed by atoms with Crippen molar-refractivity contribution < 1.29 is 5.11 Å². The van der Waals surface area contributed by atoms with E-state index in [-0.39, 0.29) is 16.7 Å². The van der Waals surface area contributed by atoms with E-state index in [0.29, 0.717) is 11.8 Å². The highest BCUT2D eigenvalue weighted by atomic mass is 32.2. The highest BCUT2D eigenvalue weighted by Crippen LogP contribution is 2.67. The average molecular weight is 392 g/mol. The molecular formula is C23H25N3OS. The maximum absolute atomic E-state index is 11.9. The van der Waals surface area contributed by atoms with Gasteiger partial charge in [-0.05, 0) is 67.2 Å². The van der Waals surface area contributed by atoms with E-state index in [1.165, 1.54) is 11.3 Å². The summed E-state index contributed by atoms with van der Waals surface area (Å²) in [4.78, 5) is 4.46. The van der Waals surface area contributed by atoms with Crippen molar-refractivity contribution in [2.24, 2.45) is 22.9 Å². The van der Waals surface area contributed by atoms with E-state index < -0.39 is 5.60 Å². The summed E-state index contributed by atoms with van der Waals surface area (Å²) >= 11 is 1.96. The van der Waals surface area contributed by atoms with E-state index in [4.69, 9.17) is 0 Å². The SMILES string of the molecule is [N-]=[N+]=N[C@@H](c1ccccc1)[C@H]1[C@H]2C[C@@H]3C[C@](Sc4ccccc4)(C2)C[C@@]1(O)C3. The number of rotatable bonds is 5. The molecule has 4 aliphatic carbocycles. The molecule has 0 heterocycles. The van der Waals surface area contributed by atoms with Gasteiger partial charge in [0.25, 0.3) is 0 Å². The number of aliphatic hydroxyl groups is 1. The lowest BCUT2D eigenvalue weighted by Crippen LogP contribution is -2.63. The molecular weight excluding hydrogens is 366 g/mol. The third-order valence-electron chi connectivity index (χ3n) is 7.06. The van der Waals surface area contributed by atoms with Crippen LogP contribution in [0.4, 0.5) is 0 Å². The predicted molar refractivity (Wildman–Crippen MR) is 112 cm³/mol. The Balaban J connectivity index is 1.50. The number of azide groups is 1. The predicted octanol–water partition coefficient (Wildman–Crippen LogP) is 6.14. The second-order valence-electron chi connectivity index (χ2n) is 8.94. The lowest BCUT2D eigenvalue weighted by atomic mass is 9.47. The van der Waals surface area contributed by atoms with Gasteiger partial charge in [-0.3, -0.25) is 0 Å². The van der Waals surface area contributed by atoms with Crippen molar-refractivity contribution in [2.45, 2.75) is 53.4 Å². The third kappa shape index (κ3) is 3.02. The van der Waals surface area contributed by atoms with Crippen molar-refractivity contribution in [1.29, 1.82) is 0 Å². The van der Waals surface area contributed by atoms with Crippen molar-refractivity contribution in [3.05, 3.63) is 76.7 Å². The van der Waals surface area contributed by atoms with Gasteiger partial charge in [0.2, 0.25) is 0 Å². The zero-order valence-corrected chi connectivity index (χ0v) is 16.6. The molecule has 4 bridgehead atoms. The van der Waals surface area contributed by atoms with Crippen LogP contribution in [0.25, 0.3) is 10.4 Å². The molecule has 5 heteroatoms. The first-order valence-electron chi connectivity index (χ1n) is 10.2. The molecule has 0 amide bonds. The maximum atomic E-state index is 11.9. The lowest BCUT2D eigenvalue weighted by Gasteiger charge is -2.64. The molecule has 4 saturated carbocycles. The molecule has 28 heavy (non-hydrogen) atoms.